The molecule has 5 rings (SSSR count). The summed E-state index contributed by atoms with van der Waals surface area (Å²) in [5, 5.41) is 0. The molecule has 180 valence electrons. The highest BCUT2D eigenvalue weighted by atomic mass is 16.2. The Morgan fingerprint density at radius 3 is 2.43 bits per heavy atom. The first-order valence-corrected chi connectivity index (χ1v) is 11.9. The van der Waals surface area contributed by atoms with E-state index in [0.29, 0.717) is 17.7 Å². The van der Waals surface area contributed by atoms with Gasteiger partial charge in [-0.1, -0.05) is 66.7 Å². The maximum absolute atomic E-state index is 12.9. The Balaban J connectivity index is 1.41. The maximum atomic E-state index is 12.9. The second-order valence-electron chi connectivity index (χ2n) is 9.02. The number of hydrogen-bond acceptors (Lipinski definition) is 5. The third-order valence-electron chi connectivity index (χ3n) is 6.71. The van der Waals surface area contributed by atoms with Gasteiger partial charge < -0.3 is 4.90 Å². The molecule has 4 aromatic rings. The van der Waals surface area contributed by atoms with Gasteiger partial charge in [0.2, 0.25) is 5.95 Å². The van der Waals surface area contributed by atoms with Gasteiger partial charge in [-0.15, -0.1) is 0 Å². The van der Waals surface area contributed by atoms with Gasteiger partial charge in [0.1, 0.15) is 0 Å². The van der Waals surface area contributed by atoms with Crippen molar-refractivity contribution in [2.75, 3.05) is 37.6 Å². The molecule has 8 heteroatoms. The number of anilines is 1. The SMILES string of the molecule is Cc1ccccc1Cn1c(N2CCN(C/C=C\c3ccccc3)CC2)nc2c1c(=O)[nH]c(=O)n2C. The van der Waals surface area contributed by atoms with E-state index >= 15 is 0 Å². The van der Waals surface area contributed by atoms with E-state index in [1.807, 2.05) is 34.9 Å². The predicted molar refractivity (Wildman–Crippen MR) is 140 cm³/mol. The van der Waals surface area contributed by atoms with Gasteiger partial charge in [-0.25, -0.2) is 4.79 Å². The molecule has 1 aliphatic rings. The smallest absolute Gasteiger partial charge is 0.329 e. The van der Waals surface area contributed by atoms with Crippen LogP contribution in [0.15, 0.2) is 70.3 Å². The van der Waals surface area contributed by atoms with E-state index in [1.54, 1.807) is 7.05 Å². The van der Waals surface area contributed by atoms with E-state index < -0.39 is 11.2 Å². The highest BCUT2D eigenvalue weighted by Gasteiger charge is 2.25. The van der Waals surface area contributed by atoms with Gasteiger partial charge in [0.05, 0.1) is 6.54 Å². The third kappa shape index (κ3) is 4.70. The van der Waals surface area contributed by atoms with Crippen LogP contribution in [0.5, 0.6) is 0 Å². The van der Waals surface area contributed by atoms with Crippen LogP contribution >= 0.6 is 0 Å². The van der Waals surface area contributed by atoms with Crippen LogP contribution in [-0.4, -0.2) is 56.7 Å². The molecular formula is C27H30N6O2. The summed E-state index contributed by atoms with van der Waals surface area (Å²) in [5.74, 6) is 0.731. The summed E-state index contributed by atoms with van der Waals surface area (Å²) in [5.41, 5.74) is 3.45. The molecule has 0 atom stereocenters. The number of H-pyrrole nitrogens is 1. The Labute approximate surface area is 203 Å². The Bertz CT molecular complexity index is 1470. The van der Waals surface area contributed by atoms with Gasteiger partial charge in [0, 0.05) is 39.8 Å². The fraction of sp³-hybridized carbons (Fsp3) is 0.296. The van der Waals surface area contributed by atoms with Crippen LogP contribution in [0.25, 0.3) is 17.2 Å². The minimum absolute atomic E-state index is 0.403. The van der Waals surface area contributed by atoms with E-state index in [2.05, 4.69) is 58.1 Å². The van der Waals surface area contributed by atoms with E-state index in [9.17, 15) is 9.59 Å². The van der Waals surface area contributed by atoms with E-state index in [0.717, 1.165) is 49.8 Å². The van der Waals surface area contributed by atoms with Crippen molar-refractivity contribution in [3.8, 4) is 0 Å². The quantitative estimate of drug-likeness (QED) is 0.469. The minimum atomic E-state index is -0.454. The number of hydrogen-bond donors (Lipinski definition) is 1. The van der Waals surface area contributed by atoms with Gasteiger partial charge in [-0.2, -0.15) is 4.98 Å². The zero-order chi connectivity index (χ0) is 24.4. The van der Waals surface area contributed by atoms with E-state index in [-0.39, 0.29) is 0 Å². The standard InChI is InChI=1S/C27H30N6O2/c1-20-9-6-7-13-22(20)19-33-23-24(30(2)27(35)29-25(23)34)28-26(33)32-17-15-31(16-18-32)14-8-12-21-10-4-3-5-11-21/h3-13H,14-19H2,1-2H3,(H,29,34,35)/b12-8-. The summed E-state index contributed by atoms with van der Waals surface area (Å²) in [6, 6.07) is 18.5. The molecule has 3 heterocycles. The van der Waals surface area contributed by atoms with Crippen LogP contribution in [-0.2, 0) is 13.6 Å². The second-order valence-corrected chi connectivity index (χ2v) is 9.02. The third-order valence-corrected chi connectivity index (χ3v) is 6.71. The average molecular weight is 471 g/mol. The Kier molecular flexibility index (Phi) is 6.37. The largest absolute Gasteiger partial charge is 0.340 e. The molecule has 8 nitrogen and oxygen atoms in total. The number of imidazole rings is 1. The first-order valence-electron chi connectivity index (χ1n) is 11.9. The molecule has 1 N–H and O–H groups in total. The maximum Gasteiger partial charge on any atom is 0.329 e. The molecule has 35 heavy (non-hydrogen) atoms. The number of rotatable bonds is 6. The van der Waals surface area contributed by atoms with Crippen LogP contribution in [0.1, 0.15) is 16.7 Å². The van der Waals surface area contributed by atoms with Crippen molar-refractivity contribution in [3.05, 3.63) is 98.2 Å². The van der Waals surface area contributed by atoms with Gasteiger partial charge >= 0.3 is 5.69 Å². The zero-order valence-corrected chi connectivity index (χ0v) is 20.1. The van der Waals surface area contributed by atoms with Crippen LogP contribution in [0.2, 0.25) is 0 Å². The second kappa shape index (κ2) is 9.76. The summed E-state index contributed by atoms with van der Waals surface area (Å²) >= 11 is 0. The van der Waals surface area contributed by atoms with Gasteiger partial charge in [-0.05, 0) is 23.6 Å². The number of aromatic nitrogens is 4. The van der Waals surface area contributed by atoms with Crippen molar-refractivity contribution in [3.63, 3.8) is 0 Å². The monoisotopic (exact) mass is 470 g/mol. The molecule has 0 amide bonds. The lowest BCUT2D eigenvalue weighted by atomic mass is 10.1. The molecule has 2 aromatic carbocycles. The molecule has 0 saturated carbocycles. The summed E-state index contributed by atoms with van der Waals surface area (Å²) in [4.78, 5) is 37.0. The zero-order valence-electron chi connectivity index (χ0n) is 20.1. The number of nitrogens with one attached hydrogen (secondary N) is 1. The highest BCUT2D eigenvalue weighted by Crippen LogP contribution is 2.23. The van der Waals surface area contributed by atoms with Gasteiger partial charge in [0.15, 0.2) is 11.2 Å². The first kappa shape index (κ1) is 22.9. The first-order chi connectivity index (χ1) is 17.0. The summed E-state index contributed by atoms with van der Waals surface area (Å²) < 4.78 is 3.38. The Hall–Kier alpha value is -3.91. The highest BCUT2D eigenvalue weighted by molar-refractivity contribution is 5.74. The van der Waals surface area contributed by atoms with E-state index in [4.69, 9.17) is 4.98 Å². The molecule has 2 aromatic heterocycles. The molecule has 1 saturated heterocycles. The number of benzene rings is 2. The van der Waals surface area contributed by atoms with Crippen molar-refractivity contribution in [2.45, 2.75) is 13.5 Å². The Morgan fingerprint density at radius 2 is 1.69 bits per heavy atom. The van der Waals surface area contributed by atoms with Crippen LogP contribution < -0.4 is 16.1 Å². The lowest BCUT2D eigenvalue weighted by Gasteiger charge is -2.35. The predicted octanol–water partition coefficient (Wildman–Crippen LogP) is 2.62. The van der Waals surface area contributed by atoms with E-state index in [1.165, 1.54) is 10.1 Å². The van der Waals surface area contributed by atoms with Crippen molar-refractivity contribution < 1.29 is 0 Å². The average Bonchev–Trinajstić information content (AvgIpc) is 3.25. The minimum Gasteiger partial charge on any atom is -0.340 e. The van der Waals surface area contributed by atoms with Crippen LogP contribution in [0.4, 0.5) is 5.95 Å². The molecule has 0 aliphatic carbocycles. The summed E-state index contributed by atoms with van der Waals surface area (Å²) in [6.07, 6.45) is 4.36. The molecule has 0 unspecified atom stereocenters. The molecule has 0 radical (unpaired) electrons. The molecule has 0 bridgehead atoms. The summed E-state index contributed by atoms with van der Waals surface area (Å²) in [7, 11) is 1.65. The number of fused-ring (bicyclic) bond motifs is 1. The fourth-order valence-corrected chi connectivity index (χ4v) is 4.60. The number of aryl methyl sites for hydroxylation is 2. The van der Waals surface area contributed by atoms with Crippen LogP contribution in [0.3, 0.4) is 0 Å². The normalized spacial score (nSPS) is 14.9. The number of aromatic amines is 1. The van der Waals surface area contributed by atoms with Crippen molar-refractivity contribution >= 4 is 23.2 Å². The van der Waals surface area contributed by atoms with Gasteiger partial charge in [-0.3, -0.25) is 23.8 Å². The molecule has 1 aliphatic heterocycles. The molecular weight excluding hydrogens is 440 g/mol. The fourth-order valence-electron chi connectivity index (χ4n) is 4.60. The topological polar surface area (TPSA) is 79.2 Å². The number of nitrogens with zero attached hydrogens (tertiary/aromatic N) is 5. The van der Waals surface area contributed by atoms with Gasteiger partial charge in [0.25, 0.3) is 5.56 Å². The Morgan fingerprint density at radius 1 is 0.971 bits per heavy atom. The number of piperazine rings is 1. The van der Waals surface area contributed by atoms with Crippen molar-refractivity contribution in [2.24, 2.45) is 7.05 Å². The lowest BCUT2D eigenvalue weighted by molar-refractivity contribution is 0.282. The van der Waals surface area contributed by atoms with Crippen LogP contribution in [0, 0.1) is 6.92 Å². The molecule has 0 spiro atoms. The molecule has 1 fully saturated rings. The van der Waals surface area contributed by atoms with Crippen molar-refractivity contribution in [1.82, 2.24) is 24.0 Å². The summed E-state index contributed by atoms with van der Waals surface area (Å²) in [6.45, 7) is 6.83. The van der Waals surface area contributed by atoms with Crippen molar-refractivity contribution in [1.29, 1.82) is 0 Å². The lowest BCUT2D eigenvalue weighted by Crippen LogP contribution is -2.47.